The summed E-state index contributed by atoms with van der Waals surface area (Å²) in [5.74, 6) is -1.08. The molecular formula is C13H12FNO3. The summed E-state index contributed by atoms with van der Waals surface area (Å²) in [6, 6.07) is 1.34. The molecule has 0 radical (unpaired) electrons. The second-order valence-electron chi connectivity index (χ2n) is 3.33. The van der Waals surface area contributed by atoms with Crippen molar-refractivity contribution in [3.8, 4) is 0 Å². The quantitative estimate of drug-likeness (QED) is 0.495. The summed E-state index contributed by atoms with van der Waals surface area (Å²) in [7, 11) is 0. The first kappa shape index (κ1) is 13.6. The number of rotatable bonds is 5. The molecule has 1 heterocycles. The van der Waals surface area contributed by atoms with Gasteiger partial charge in [0.1, 0.15) is 5.69 Å². The van der Waals surface area contributed by atoms with Gasteiger partial charge in [-0.1, -0.05) is 12.2 Å². The summed E-state index contributed by atoms with van der Waals surface area (Å²) >= 11 is 0. The molecular weight excluding hydrogens is 237 g/mol. The highest BCUT2D eigenvalue weighted by Gasteiger charge is 2.10. The number of carbonyl (C=O) groups excluding carboxylic acids is 1. The molecule has 0 aliphatic rings. The van der Waals surface area contributed by atoms with E-state index in [2.05, 4.69) is 0 Å². The predicted octanol–water partition coefficient (Wildman–Crippen LogP) is 2.66. The zero-order valence-electron chi connectivity index (χ0n) is 9.71. The fourth-order valence-electron chi connectivity index (χ4n) is 1.38. The summed E-state index contributed by atoms with van der Waals surface area (Å²) in [6.45, 7) is 1.76. The summed E-state index contributed by atoms with van der Waals surface area (Å²) in [5, 5.41) is 8.47. The number of aliphatic carboxylic acids is 1. The Morgan fingerprint density at radius 2 is 2.11 bits per heavy atom. The molecule has 0 aromatic carbocycles. The molecule has 1 N–H and O–H groups in total. The van der Waals surface area contributed by atoms with Gasteiger partial charge in [0.05, 0.1) is 0 Å². The SMILES string of the molecule is C\C=C/C(=C\C=C\C(=O)O)n1cccc1C(=O)F. The molecule has 0 atom stereocenters. The molecule has 1 rings (SSSR count). The van der Waals surface area contributed by atoms with Crippen LogP contribution in [0.5, 0.6) is 0 Å². The van der Waals surface area contributed by atoms with E-state index in [1.54, 1.807) is 19.1 Å². The van der Waals surface area contributed by atoms with E-state index in [9.17, 15) is 14.0 Å². The molecule has 18 heavy (non-hydrogen) atoms. The van der Waals surface area contributed by atoms with E-state index < -0.39 is 12.0 Å². The van der Waals surface area contributed by atoms with Crippen molar-refractivity contribution in [2.24, 2.45) is 0 Å². The maximum Gasteiger partial charge on any atom is 0.348 e. The third kappa shape index (κ3) is 3.55. The average Bonchev–Trinajstić information content (AvgIpc) is 2.76. The third-order valence-corrected chi connectivity index (χ3v) is 2.07. The summed E-state index contributed by atoms with van der Waals surface area (Å²) in [4.78, 5) is 21.1. The number of carbonyl (C=O) groups is 2. The molecule has 0 aliphatic heterocycles. The van der Waals surface area contributed by atoms with Crippen LogP contribution in [0.2, 0.25) is 0 Å². The van der Waals surface area contributed by atoms with E-state index in [-0.39, 0.29) is 5.69 Å². The highest BCUT2D eigenvalue weighted by atomic mass is 19.1. The monoisotopic (exact) mass is 249 g/mol. The van der Waals surface area contributed by atoms with Gasteiger partial charge in [-0.25, -0.2) is 4.79 Å². The molecule has 0 unspecified atom stereocenters. The van der Waals surface area contributed by atoms with Crippen molar-refractivity contribution < 1.29 is 19.1 Å². The summed E-state index contributed by atoms with van der Waals surface area (Å²) in [5.41, 5.74) is 0.379. The minimum atomic E-state index is -1.54. The number of nitrogens with zero attached hydrogens (tertiary/aromatic N) is 1. The zero-order chi connectivity index (χ0) is 13.5. The fourth-order valence-corrected chi connectivity index (χ4v) is 1.38. The van der Waals surface area contributed by atoms with Crippen molar-refractivity contribution in [3.63, 3.8) is 0 Å². The van der Waals surface area contributed by atoms with Gasteiger partial charge in [0.25, 0.3) is 0 Å². The lowest BCUT2D eigenvalue weighted by molar-refractivity contribution is -0.131. The molecule has 0 aliphatic carbocycles. The molecule has 1 aromatic heterocycles. The summed E-state index contributed by atoms with van der Waals surface area (Å²) < 4.78 is 14.1. The standard InChI is InChI=1S/C13H12FNO3/c1-2-5-10(6-3-8-12(16)17)15-9-4-7-11(15)13(14)18/h2-9H,1H3,(H,16,17)/b5-2-,8-3+,10-6+. The Labute approximate surface area is 103 Å². The largest absolute Gasteiger partial charge is 0.478 e. The van der Waals surface area contributed by atoms with Crippen LogP contribution in [0.25, 0.3) is 5.70 Å². The van der Waals surface area contributed by atoms with Gasteiger partial charge >= 0.3 is 12.0 Å². The number of carboxylic acids is 1. The maximum absolute atomic E-state index is 12.8. The zero-order valence-corrected chi connectivity index (χ0v) is 9.71. The minimum absolute atomic E-state index is 0.108. The molecule has 0 saturated heterocycles. The topological polar surface area (TPSA) is 59.3 Å². The molecule has 0 bridgehead atoms. The molecule has 0 saturated carbocycles. The van der Waals surface area contributed by atoms with Gasteiger partial charge in [-0.15, -0.1) is 0 Å². The highest BCUT2D eigenvalue weighted by Crippen LogP contribution is 2.14. The molecule has 0 fully saturated rings. The number of halogens is 1. The Hall–Kier alpha value is -2.43. The maximum atomic E-state index is 12.8. The lowest BCUT2D eigenvalue weighted by Gasteiger charge is -2.05. The van der Waals surface area contributed by atoms with Crippen LogP contribution in [-0.4, -0.2) is 21.7 Å². The average molecular weight is 249 g/mol. The van der Waals surface area contributed by atoms with Crippen molar-refractivity contribution >= 4 is 17.7 Å². The molecule has 5 heteroatoms. The number of allylic oxidation sites excluding steroid dienone is 5. The van der Waals surface area contributed by atoms with Gasteiger partial charge in [0, 0.05) is 18.0 Å². The molecule has 94 valence electrons. The van der Waals surface area contributed by atoms with Gasteiger partial charge in [0.2, 0.25) is 0 Å². The van der Waals surface area contributed by atoms with E-state index in [1.165, 1.54) is 35.0 Å². The van der Waals surface area contributed by atoms with Crippen LogP contribution in [0, 0.1) is 0 Å². The first-order valence-electron chi connectivity index (χ1n) is 5.17. The van der Waals surface area contributed by atoms with E-state index in [0.717, 1.165) is 6.08 Å². The number of hydrogen-bond donors (Lipinski definition) is 1. The lowest BCUT2D eigenvalue weighted by atomic mass is 10.3. The molecule has 0 spiro atoms. The van der Waals surface area contributed by atoms with Crippen LogP contribution < -0.4 is 0 Å². The highest BCUT2D eigenvalue weighted by molar-refractivity contribution is 5.89. The minimum Gasteiger partial charge on any atom is -0.478 e. The van der Waals surface area contributed by atoms with Crippen molar-refractivity contribution in [1.29, 1.82) is 0 Å². The van der Waals surface area contributed by atoms with Crippen LogP contribution in [0.3, 0.4) is 0 Å². The Morgan fingerprint density at radius 3 is 2.67 bits per heavy atom. The van der Waals surface area contributed by atoms with Crippen molar-refractivity contribution in [2.45, 2.75) is 6.92 Å². The van der Waals surface area contributed by atoms with Crippen LogP contribution in [-0.2, 0) is 4.79 Å². The van der Waals surface area contributed by atoms with Crippen molar-refractivity contribution in [2.75, 3.05) is 0 Å². The number of hydrogen-bond acceptors (Lipinski definition) is 2. The van der Waals surface area contributed by atoms with Crippen LogP contribution in [0.1, 0.15) is 17.4 Å². The Kier molecular flexibility index (Phi) is 4.80. The van der Waals surface area contributed by atoms with Crippen LogP contribution in [0.15, 0.2) is 48.7 Å². The Bertz CT molecular complexity index is 538. The van der Waals surface area contributed by atoms with Crippen molar-refractivity contribution in [3.05, 3.63) is 54.4 Å². The van der Waals surface area contributed by atoms with E-state index in [0.29, 0.717) is 5.70 Å². The van der Waals surface area contributed by atoms with Gasteiger partial charge in [-0.2, -0.15) is 4.39 Å². The smallest absolute Gasteiger partial charge is 0.348 e. The third-order valence-electron chi connectivity index (χ3n) is 2.07. The summed E-state index contributed by atoms with van der Waals surface area (Å²) in [6.07, 6.45) is 8.59. The molecule has 1 aromatic rings. The first-order chi connectivity index (χ1) is 8.56. The van der Waals surface area contributed by atoms with Gasteiger partial charge in [0.15, 0.2) is 0 Å². The molecule has 4 nitrogen and oxygen atoms in total. The first-order valence-corrected chi connectivity index (χ1v) is 5.17. The lowest BCUT2D eigenvalue weighted by Crippen LogP contribution is -2.02. The van der Waals surface area contributed by atoms with Gasteiger partial charge in [-0.05, 0) is 31.2 Å². The van der Waals surface area contributed by atoms with Crippen molar-refractivity contribution in [1.82, 2.24) is 4.57 Å². The van der Waals surface area contributed by atoms with Crippen LogP contribution in [0.4, 0.5) is 4.39 Å². The second-order valence-corrected chi connectivity index (χ2v) is 3.33. The van der Waals surface area contributed by atoms with Gasteiger partial charge in [-0.3, -0.25) is 4.79 Å². The fraction of sp³-hybridized carbons (Fsp3) is 0.0769. The predicted molar refractivity (Wildman–Crippen MR) is 65.7 cm³/mol. The van der Waals surface area contributed by atoms with E-state index in [4.69, 9.17) is 5.11 Å². The van der Waals surface area contributed by atoms with E-state index >= 15 is 0 Å². The number of carboxylic acid groups (broad SMARTS) is 1. The number of aromatic nitrogens is 1. The Morgan fingerprint density at radius 1 is 1.39 bits per heavy atom. The second kappa shape index (κ2) is 6.34. The van der Waals surface area contributed by atoms with Gasteiger partial charge < -0.3 is 9.67 Å². The van der Waals surface area contributed by atoms with E-state index in [1.807, 2.05) is 0 Å². The van der Waals surface area contributed by atoms with Crippen LogP contribution >= 0.6 is 0 Å². The molecule has 0 amide bonds. The normalized spacial score (nSPS) is 12.4. The Balaban J connectivity index is 3.16.